The van der Waals surface area contributed by atoms with Crippen LogP contribution >= 0.6 is 0 Å². The zero-order chi connectivity index (χ0) is 13.8. The molecule has 0 atom stereocenters. The molecule has 0 N–H and O–H groups in total. The zero-order valence-electron chi connectivity index (χ0n) is 10.5. The van der Waals surface area contributed by atoms with Gasteiger partial charge in [-0.1, -0.05) is 30.4 Å². The second-order valence-electron chi connectivity index (χ2n) is 4.24. The molecule has 0 aliphatic heterocycles. The normalized spacial score (nSPS) is 11.2. The lowest BCUT2D eigenvalue weighted by Crippen LogP contribution is -2.29. The zero-order valence-corrected chi connectivity index (χ0v) is 11.4. The molecule has 5 heteroatoms. The largest absolute Gasteiger partial charge is 0.218 e. The Labute approximate surface area is 108 Å². The first-order valence-corrected chi connectivity index (χ1v) is 7.04. The van der Waals surface area contributed by atoms with Crippen LogP contribution in [0.2, 0.25) is 0 Å². The average molecular weight is 264 g/mol. The fourth-order valence-corrected chi connectivity index (χ4v) is 2.82. The minimum Gasteiger partial charge on any atom is -0.212 e. The molecule has 0 radical (unpaired) electrons. The summed E-state index contributed by atoms with van der Waals surface area (Å²) in [5, 5.41) is 8.93. The number of nitrogens with zero attached hydrogens (tertiary/aromatic N) is 2. The van der Waals surface area contributed by atoms with E-state index < -0.39 is 10.0 Å². The molecule has 1 aromatic carbocycles. The Kier molecular flexibility index (Phi) is 4.65. The van der Waals surface area contributed by atoms with Crippen molar-refractivity contribution in [2.24, 2.45) is 0 Å². The number of hydrogen-bond donors (Lipinski definition) is 0. The highest BCUT2D eigenvalue weighted by Gasteiger charge is 2.19. The van der Waals surface area contributed by atoms with Crippen molar-refractivity contribution >= 4 is 10.0 Å². The molecule has 1 aromatic rings. The summed E-state index contributed by atoms with van der Waals surface area (Å²) in [4.78, 5) is 0. The van der Waals surface area contributed by atoms with E-state index in [-0.39, 0.29) is 12.3 Å². The van der Waals surface area contributed by atoms with Crippen LogP contribution in [0.3, 0.4) is 0 Å². The van der Waals surface area contributed by atoms with Crippen molar-refractivity contribution in [3.8, 4) is 6.07 Å². The SMILES string of the molecule is C=C(C)CN(C)S(=O)(=O)Cc1ccccc1C#N. The Balaban J connectivity index is 2.96. The van der Waals surface area contributed by atoms with Gasteiger partial charge in [-0.2, -0.15) is 5.26 Å². The molecule has 0 heterocycles. The maximum Gasteiger partial charge on any atom is 0.218 e. The number of rotatable bonds is 5. The average Bonchev–Trinajstić information content (AvgIpc) is 2.28. The van der Waals surface area contributed by atoms with E-state index in [4.69, 9.17) is 5.26 Å². The van der Waals surface area contributed by atoms with Gasteiger partial charge in [0.25, 0.3) is 0 Å². The van der Waals surface area contributed by atoms with Crippen molar-refractivity contribution in [1.82, 2.24) is 4.31 Å². The Hall–Kier alpha value is -1.64. The first kappa shape index (κ1) is 14.4. The third kappa shape index (κ3) is 3.69. The highest BCUT2D eigenvalue weighted by atomic mass is 32.2. The van der Waals surface area contributed by atoms with Gasteiger partial charge in [0.15, 0.2) is 0 Å². The quantitative estimate of drug-likeness (QED) is 0.763. The summed E-state index contributed by atoms with van der Waals surface area (Å²) in [6.45, 7) is 5.75. The lowest BCUT2D eigenvalue weighted by atomic mass is 10.1. The smallest absolute Gasteiger partial charge is 0.212 e. The monoisotopic (exact) mass is 264 g/mol. The predicted octanol–water partition coefficient (Wildman–Crippen LogP) is 1.90. The summed E-state index contributed by atoms with van der Waals surface area (Å²) in [6, 6.07) is 8.71. The summed E-state index contributed by atoms with van der Waals surface area (Å²) < 4.78 is 25.4. The summed E-state index contributed by atoms with van der Waals surface area (Å²) in [5.41, 5.74) is 1.69. The second kappa shape index (κ2) is 5.80. The molecule has 0 aromatic heterocycles. The second-order valence-corrected chi connectivity index (χ2v) is 6.31. The van der Waals surface area contributed by atoms with Gasteiger partial charge in [0, 0.05) is 13.6 Å². The summed E-state index contributed by atoms with van der Waals surface area (Å²) in [6.07, 6.45) is 0. The number of hydrogen-bond acceptors (Lipinski definition) is 3. The predicted molar refractivity (Wildman–Crippen MR) is 71.2 cm³/mol. The highest BCUT2D eigenvalue weighted by Crippen LogP contribution is 2.14. The summed E-state index contributed by atoms with van der Waals surface area (Å²) >= 11 is 0. The number of nitriles is 1. The van der Waals surface area contributed by atoms with Gasteiger partial charge in [-0.3, -0.25) is 0 Å². The lowest BCUT2D eigenvalue weighted by molar-refractivity contribution is 0.492. The van der Waals surface area contributed by atoms with Gasteiger partial charge in [-0.05, 0) is 18.6 Å². The van der Waals surface area contributed by atoms with Crippen molar-refractivity contribution < 1.29 is 8.42 Å². The maximum atomic E-state index is 12.1. The van der Waals surface area contributed by atoms with Gasteiger partial charge in [-0.15, -0.1) is 0 Å². The number of sulfonamides is 1. The van der Waals surface area contributed by atoms with E-state index in [9.17, 15) is 8.42 Å². The molecule has 0 fully saturated rings. The van der Waals surface area contributed by atoms with Crippen molar-refractivity contribution in [3.05, 3.63) is 47.5 Å². The molecule has 0 saturated carbocycles. The molecule has 0 saturated heterocycles. The minimum absolute atomic E-state index is 0.166. The van der Waals surface area contributed by atoms with E-state index in [1.807, 2.05) is 6.07 Å². The van der Waals surface area contributed by atoms with E-state index in [1.165, 1.54) is 11.4 Å². The fraction of sp³-hybridized carbons (Fsp3) is 0.308. The summed E-state index contributed by atoms with van der Waals surface area (Å²) in [7, 11) is -1.91. The van der Waals surface area contributed by atoms with Crippen LogP contribution in [0.15, 0.2) is 36.4 Å². The van der Waals surface area contributed by atoms with Crippen molar-refractivity contribution in [3.63, 3.8) is 0 Å². The molecular weight excluding hydrogens is 248 g/mol. The van der Waals surface area contributed by atoms with Gasteiger partial charge in [-0.25, -0.2) is 12.7 Å². The molecule has 0 unspecified atom stereocenters. The Bertz CT molecular complexity index is 585. The molecule has 0 spiro atoms. The van der Waals surface area contributed by atoms with Gasteiger partial charge in [0.2, 0.25) is 10.0 Å². The van der Waals surface area contributed by atoms with Crippen LogP contribution in [0.5, 0.6) is 0 Å². The van der Waals surface area contributed by atoms with Gasteiger partial charge < -0.3 is 0 Å². The first-order valence-electron chi connectivity index (χ1n) is 5.43. The standard InChI is InChI=1S/C13H16N2O2S/c1-11(2)9-15(3)18(16,17)10-13-7-5-4-6-12(13)8-14/h4-7H,1,9-10H2,2-3H3. The molecular formula is C13H16N2O2S. The highest BCUT2D eigenvalue weighted by molar-refractivity contribution is 7.88. The Morgan fingerprint density at radius 1 is 1.44 bits per heavy atom. The molecule has 18 heavy (non-hydrogen) atoms. The molecule has 0 bridgehead atoms. The van der Waals surface area contributed by atoms with Crippen molar-refractivity contribution in [2.45, 2.75) is 12.7 Å². The third-order valence-corrected chi connectivity index (χ3v) is 4.20. The molecule has 0 amide bonds. The van der Waals surface area contributed by atoms with Crippen LogP contribution in [0, 0.1) is 11.3 Å². The topological polar surface area (TPSA) is 61.2 Å². The van der Waals surface area contributed by atoms with Crippen molar-refractivity contribution in [2.75, 3.05) is 13.6 Å². The van der Waals surface area contributed by atoms with E-state index in [2.05, 4.69) is 6.58 Å². The van der Waals surface area contributed by atoms with Crippen LogP contribution in [0.4, 0.5) is 0 Å². The lowest BCUT2D eigenvalue weighted by Gasteiger charge is -2.17. The molecule has 1 rings (SSSR count). The van der Waals surface area contributed by atoms with Crippen LogP contribution in [0.25, 0.3) is 0 Å². The third-order valence-electron chi connectivity index (χ3n) is 2.44. The van der Waals surface area contributed by atoms with E-state index in [0.29, 0.717) is 11.1 Å². The van der Waals surface area contributed by atoms with Gasteiger partial charge in [0.1, 0.15) is 0 Å². The Morgan fingerprint density at radius 3 is 2.61 bits per heavy atom. The first-order chi connectivity index (χ1) is 8.36. The fourth-order valence-electron chi connectivity index (χ4n) is 1.54. The van der Waals surface area contributed by atoms with Crippen LogP contribution in [0.1, 0.15) is 18.1 Å². The molecule has 96 valence electrons. The molecule has 0 aliphatic rings. The maximum absolute atomic E-state index is 12.1. The molecule has 0 aliphatic carbocycles. The van der Waals surface area contributed by atoms with E-state index in [0.717, 1.165) is 5.57 Å². The Morgan fingerprint density at radius 2 is 2.06 bits per heavy atom. The van der Waals surface area contributed by atoms with Crippen LogP contribution in [-0.2, 0) is 15.8 Å². The van der Waals surface area contributed by atoms with E-state index in [1.54, 1.807) is 31.2 Å². The number of likely N-dealkylation sites (N-methyl/N-ethyl adjacent to an activating group) is 1. The summed E-state index contributed by atoms with van der Waals surface area (Å²) in [5.74, 6) is -0.166. The molecule has 4 nitrogen and oxygen atoms in total. The minimum atomic E-state index is -3.42. The van der Waals surface area contributed by atoms with Gasteiger partial charge in [0.05, 0.1) is 17.4 Å². The van der Waals surface area contributed by atoms with Crippen LogP contribution in [-0.4, -0.2) is 26.3 Å². The van der Waals surface area contributed by atoms with Crippen LogP contribution < -0.4 is 0 Å². The van der Waals surface area contributed by atoms with E-state index >= 15 is 0 Å². The van der Waals surface area contributed by atoms with Gasteiger partial charge >= 0.3 is 0 Å². The van der Waals surface area contributed by atoms with Crippen molar-refractivity contribution in [1.29, 1.82) is 5.26 Å². The number of benzene rings is 1.